The number of likely N-dealkylation sites (tertiary alicyclic amines) is 1. The summed E-state index contributed by atoms with van der Waals surface area (Å²) in [4.78, 5) is 6.95. The maximum atomic E-state index is 13.9. The SMILES string of the molecule is Fc1ccccc1-c1nc2cc(CN3CCCCC3)ccc2o1. The minimum atomic E-state index is -0.312. The molecule has 1 aliphatic heterocycles. The van der Waals surface area contributed by atoms with Gasteiger partial charge in [0.05, 0.1) is 5.56 Å². The molecule has 23 heavy (non-hydrogen) atoms. The Morgan fingerprint density at radius 3 is 2.70 bits per heavy atom. The lowest BCUT2D eigenvalue weighted by Crippen LogP contribution is -2.29. The summed E-state index contributed by atoms with van der Waals surface area (Å²) in [5.41, 5.74) is 3.12. The summed E-state index contributed by atoms with van der Waals surface area (Å²) in [7, 11) is 0. The van der Waals surface area contributed by atoms with Gasteiger partial charge >= 0.3 is 0 Å². The molecule has 0 radical (unpaired) electrons. The number of hydrogen-bond donors (Lipinski definition) is 0. The third-order valence-corrected chi connectivity index (χ3v) is 4.41. The van der Waals surface area contributed by atoms with Gasteiger partial charge in [-0.2, -0.15) is 0 Å². The maximum absolute atomic E-state index is 13.9. The number of halogens is 1. The van der Waals surface area contributed by atoms with Gasteiger partial charge in [0.1, 0.15) is 11.3 Å². The van der Waals surface area contributed by atoms with Crippen molar-refractivity contribution < 1.29 is 8.81 Å². The molecule has 0 unspecified atom stereocenters. The number of rotatable bonds is 3. The van der Waals surface area contributed by atoms with Crippen LogP contribution in [-0.4, -0.2) is 23.0 Å². The molecule has 3 aromatic rings. The molecule has 3 nitrogen and oxygen atoms in total. The minimum Gasteiger partial charge on any atom is -0.436 e. The molecule has 1 aliphatic rings. The summed E-state index contributed by atoms with van der Waals surface area (Å²) in [6.07, 6.45) is 3.90. The average molecular weight is 310 g/mol. The molecule has 1 saturated heterocycles. The van der Waals surface area contributed by atoms with E-state index in [0.29, 0.717) is 17.0 Å². The van der Waals surface area contributed by atoms with E-state index in [1.807, 2.05) is 6.07 Å². The standard InChI is InChI=1S/C19H19FN2O/c20-16-7-3-2-6-15(16)19-21-17-12-14(8-9-18(17)23-19)13-22-10-4-1-5-11-22/h2-3,6-9,12H,1,4-5,10-11,13H2. The number of aromatic nitrogens is 1. The monoisotopic (exact) mass is 310 g/mol. The van der Waals surface area contributed by atoms with Crippen LogP contribution < -0.4 is 0 Å². The summed E-state index contributed by atoms with van der Waals surface area (Å²) in [5.74, 6) is 0.0285. The van der Waals surface area contributed by atoms with Crippen LogP contribution in [0.2, 0.25) is 0 Å². The van der Waals surface area contributed by atoms with Gasteiger partial charge in [0.2, 0.25) is 5.89 Å². The molecule has 118 valence electrons. The lowest BCUT2D eigenvalue weighted by Gasteiger charge is -2.26. The van der Waals surface area contributed by atoms with Gasteiger partial charge in [0.15, 0.2) is 5.58 Å². The summed E-state index contributed by atoms with van der Waals surface area (Å²) in [6.45, 7) is 3.27. The Morgan fingerprint density at radius 2 is 1.87 bits per heavy atom. The van der Waals surface area contributed by atoms with E-state index in [-0.39, 0.29) is 5.82 Å². The second kappa shape index (κ2) is 6.13. The number of fused-ring (bicyclic) bond motifs is 1. The third kappa shape index (κ3) is 2.99. The van der Waals surface area contributed by atoms with E-state index in [0.717, 1.165) is 25.2 Å². The van der Waals surface area contributed by atoms with Crippen LogP contribution in [0.1, 0.15) is 24.8 Å². The fourth-order valence-corrected chi connectivity index (χ4v) is 3.20. The molecule has 4 rings (SSSR count). The van der Waals surface area contributed by atoms with Crippen molar-refractivity contribution in [3.63, 3.8) is 0 Å². The van der Waals surface area contributed by atoms with E-state index in [2.05, 4.69) is 22.0 Å². The molecule has 4 heteroatoms. The molecule has 0 bridgehead atoms. The van der Waals surface area contributed by atoms with Crippen molar-refractivity contribution in [1.29, 1.82) is 0 Å². The molecule has 0 N–H and O–H groups in total. The molecule has 0 spiro atoms. The van der Waals surface area contributed by atoms with E-state index < -0.39 is 0 Å². The van der Waals surface area contributed by atoms with Crippen LogP contribution in [0.3, 0.4) is 0 Å². The summed E-state index contributed by atoms with van der Waals surface area (Å²) in [6, 6.07) is 12.6. The average Bonchev–Trinajstić information content (AvgIpc) is 2.99. The fourth-order valence-electron chi connectivity index (χ4n) is 3.20. The summed E-state index contributed by atoms with van der Waals surface area (Å²) in [5, 5.41) is 0. The van der Waals surface area contributed by atoms with E-state index in [1.165, 1.54) is 30.9 Å². The Hall–Kier alpha value is -2.20. The maximum Gasteiger partial charge on any atom is 0.230 e. The van der Waals surface area contributed by atoms with Crippen LogP contribution in [-0.2, 0) is 6.54 Å². The van der Waals surface area contributed by atoms with Crippen molar-refractivity contribution in [2.45, 2.75) is 25.8 Å². The van der Waals surface area contributed by atoms with E-state index in [1.54, 1.807) is 18.2 Å². The second-order valence-corrected chi connectivity index (χ2v) is 6.14. The molecule has 1 fully saturated rings. The molecule has 1 aromatic heterocycles. The highest BCUT2D eigenvalue weighted by Gasteiger charge is 2.14. The van der Waals surface area contributed by atoms with Crippen molar-refractivity contribution >= 4 is 11.1 Å². The minimum absolute atomic E-state index is 0.312. The Labute approximate surface area is 134 Å². The smallest absolute Gasteiger partial charge is 0.230 e. The summed E-state index contributed by atoms with van der Waals surface area (Å²) >= 11 is 0. The Kier molecular flexibility index (Phi) is 3.83. The van der Waals surface area contributed by atoms with Crippen LogP contribution >= 0.6 is 0 Å². The largest absolute Gasteiger partial charge is 0.436 e. The number of benzene rings is 2. The first-order valence-corrected chi connectivity index (χ1v) is 8.16. The van der Waals surface area contributed by atoms with Crippen LogP contribution in [0.25, 0.3) is 22.6 Å². The first-order valence-electron chi connectivity index (χ1n) is 8.16. The van der Waals surface area contributed by atoms with Gasteiger partial charge in [-0.25, -0.2) is 9.37 Å². The number of piperidine rings is 1. The number of nitrogens with zero attached hydrogens (tertiary/aromatic N) is 2. The van der Waals surface area contributed by atoms with Gasteiger partial charge < -0.3 is 4.42 Å². The van der Waals surface area contributed by atoms with Crippen molar-refractivity contribution in [1.82, 2.24) is 9.88 Å². The zero-order valence-electron chi connectivity index (χ0n) is 13.0. The normalized spacial score (nSPS) is 16.0. The first-order chi connectivity index (χ1) is 11.3. The third-order valence-electron chi connectivity index (χ3n) is 4.41. The summed E-state index contributed by atoms with van der Waals surface area (Å²) < 4.78 is 19.6. The molecular formula is C19H19FN2O. The number of oxazole rings is 1. The number of hydrogen-bond acceptors (Lipinski definition) is 3. The zero-order valence-corrected chi connectivity index (χ0v) is 13.0. The van der Waals surface area contributed by atoms with Crippen molar-refractivity contribution in [2.24, 2.45) is 0 Å². The Morgan fingerprint density at radius 1 is 1.04 bits per heavy atom. The molecule has 0 saturated carbocycles. The molecule has 2 heterocycles. The molecule has 0 atom stereocenters. The van der Waals surface area contributed by atoms with Gasteiger partial charge in [-0.3, -0.25) is 4.90 Å². The topological polar surface area (TPSA) is 29.3 Å². The van der Waals surface area contributed by atoms with Crippen molar-refractivity contribution in [3.05, 3.63) is 53.8 Å². The van der Waals surface area contributed by atoms with Crippen molar-refractivity contribution in [3.8, 4) is 11.5 Å². The Bertz CT molecular complexity index is 821. The second-order valence-electron chi connectivity index (χ2n) is 6.14. The van der Waals surface area contributed by atoms with E-state index in [9.17, 15) is 4.39 Å². The Balaban J connectivity index is 1.63. The van der Waals surface area contributed by atoms with E-state index >= 15 is 0 Å². The highest BCUT2D eigenvalue weighted by molar-refractivity contribution is 5.77. The van der Waals surface area contributed by atoms with Gasteiger partial charge in [-0.15, -0.1) is 0 Å². The predicted molar refractivity (Wildman–Crippen MR) is 88.5 cm³/mol. The van der Waals surface area contributed by atoms with Crippen LogP contribution in [0, 0.1) is 5.82 Å². The van der Waals surface area contributed by atoms with Crippen LogP contribution in [0.4, 0.5) is 4.39 Å². The van der Waals surface area contributed by atoms with Crippen LogP contribution in [0.15, 0.2) is 46.9 Å². The van der Waals surface area contributed by atoms with Gasteiger partial charge in [0, 0.05) is 6.54 Å². The lowest BCUT2D eigenvalue weighted by atomic mass is 10.1. The highest BCUT2D eigenvalue weighted by atomic mass is 19.1. The highest BCUT2D eigenvalue weighted by Crippen LogP contribution is 2.27. The lowest BCUT2D eigenvalue weighted by molar-refractivity contribution is 0.221. The fraction of sp³-hybridized carbons (Fsp3) is 0.316. The molecule has 0 amide bonds. The first kappa shape index (κ1) is 14.4. The zero-order chi connectivity index (χ0) is 15.6. The quantitative estimate of drug-likeness (QED) is 0.707. The molecule has 0 aliphatic carbocycles. The van der Waals surface area contributed by atoms with Gasteiger partial charge in [-0.1, -0.05) is 24.6 Å². The predicted octanol–water partition coefficient (Wildman–Crippen LogP) is 4.62. The van der Waals surface area contributed by atoms with Gasteiger partial charge in [-0.05, 0) is 55.8 Å². The molecule has 2 aromatic carbocycles. The van der Waals surface area contributed by atoms with E-state index in [4.69, 9.17) is 4.42 Å². The molecular weight excluding hydrogens is 291 g/mol. The van der Waals surface area contributed by atoms with Gasteiger partial charge in [0.25, 0.3) is 0 Å². The van der Waals surface area contributed by atoms with Crippen LogP contribution in [0.5, 0.6) is 0 Å². The van der Waals surface area contributed by atoms with Crippen molar-refractivity contribution in [2.75, 3.05) is 13.1 Å².